The van der Waals surface area contributed by atoms with E-state index in [-0.39, 0.29) is 23.5 Å². The number of benzene rings is 1. The largest absolute Gasteiger partial charge is 0.347 e. The van der Waals surface area contributed by atoms with Crippen LogP contribution in [0.1, 0.15) is 46.2 Å². The first-order valence-electron chi connectivity index (χ1n) is 8.66. The molecule has 0 radical (unpaired) electrons. The van der Waals surface area contributed by atoms with Gasteiger partial charge in [-0.1, -0.05) is 30.3 Å². The molecule has 6 nitrogen and oxygen atoms in total. The molecule has 1 N–H and O–H groups in total. The molecule has 4 rings (SSSR count). The van der Waals surface area contributed by atoms with Gasteiger partial charge in [0.1, 0.15) is 5.69 Å². The van der Waals surface area contributed by atoms with Crippen molar-refractivity contribution < 1.29 is 13.2 Å². The van der Waals surface area contributed by atoms with E-state index in [2.05, 4.69) is 10.4 Å². The number of rotatable bonds is 4. The number of aryl methyl sites for hydroxylation is 1. The third kappa shape index (κ3) is 3.20. The third-order valence-corrected chi connectivity index (χ3v) is 6.75. The molecule has 7 heteroatoms. The van der Waals surface area contributed by atoms with Crippen LogP contribution in [0.15, 0.2) is 30.3 Å². The molecule has 0 unspecified atom stereocenters. The van der Waals surface area contributed by atoms with Crippen LogP contribution in [-0.4, -0.2) is 35.6 Å². The van der Waals surface area contributed by atoms with Crippen molar-refractivity contribution in [2.24, 2.45) is 0 Å². The number of sulfone groups is 1. The summed E-state index contributed by atoms with van der Waals surface area (Å²) in [6.45, 7) is 0.447. The summed E-state index contributed by atoms with van der Waals surface area (Å²) in [7, 11) is -3.03. The molecule has 1 amide bonds. The number of amides is 1. The van der Waals surface area contributed by atoms with Crippen LogP contribution in [0, 0.1) is 0 Å². The Hall–Kier alpha value is -2.15. The Morgan fingerprint density at radius 3 is 2.76 bits per heavy atom. The van der Waals surface area contributed by atoms with Crippen molar-refractivity contribution in [1.29, 1.82) is 0 Å². The molecule has 132 valence electrons. The number of aromatic nitrogens is 2. The summed E-state index contributed by atoms with van der Waals surface area (Å²) >= 11 is 0. The Labute approximate surface area is 147 Å². The average molecular weight is 359 g/mol. The standard InChI is InChI=1S/C18H21N3O3S/c22-18(19-11-13-5-2-1-3-6-13)17-15-7-4-8-16(15)20-21(17)14-9-10-25(23,24)12-14/h1-3,5-6,14H,4,7-12H2,(H,19,22)/t14-/m1/s1. The number of carbonyl (C=O) groups excluding carboxylic acids is 1. The summed E-state index contributed by atoms with van der Waals surface area (Å²) in [4.78, 5) is 12.9. The topological polar surface area (TPSA) is 81.1 Å². The van der Waals surface area contributed by atoms with Crippen LogP contribution in [0.2, 0.25) is 0 Å². The molecule has 1 saturated heterocycles. The fourth-order valence-electron chi connectivity index (χ4n) is 3.75. The van der Waals surface area contributed by atoms with Gasteiger partial charge < -0.3 is 5.32 Å². The van der Waals surface area contributed by atoms with Crippen molar-refractivity contribution in [3.05, 3.63) is 52.8 Å². The smallest absolute Gasteiger partial charge is 0.270 e. The Balaban J connectivity index is 1.60. The van der Waals surface area contributed by atoms with E-state index in [4.69, 9.17) is 0 Å². The maximum atomic E-state index is 12.9. The fraction of sp³-hybridized carbons (Fsp3) is 0.444. The lowest BCUT2D eigenvalue weighted by atomic mass is 10.1. The minimum absolute atomic E-state index is 0.0759. The normalized spacial score (nSPS) is 21.2. The molecular formula is C18H21N3O3S. The third-order valence-electron chi connectivity index (χ3n) is 5.00. The van der Waals surface area contributed by atoms with E-state index in [0.717, 1.165) is 36.1 Å². The summed E-state index contributed by atoms with van der Waals surface area (Å²) in [6, 6.07) is 9.51. The highest BCUT2D eigenvalue weighted by atomic mass is 32.2. The van der Waals surface area contributed by atoms with E-state index in [9.17, 15) is 13.2 Å². The lowest BCUT2D eigenvalue weighted by Crippen LogP contribution is -2.28. The molecule has 0 saturated carbocycles. The summed E-state index contributed by atoms with van der Waals surface area (Å²) in [5.41, 5.74) is 3.54. The molecule has 1 atom stereocenters. The van der Waals surface area contributed by atoms with Crippen molar-refractivity contribution in [2.75, 3.05) is 11.5 Å². The van der Waals surface area contributed by atoms with Gasteiger partial charge in [0.15, 0.2) is 9.84 Å². The van der Waals surface area contributed by atoms with Gasteiger partial charge in [-0.3, -0.25) is 9.48 Å². The zero-order valence-corrected chi connectivity index (χ0v) is 14.8. The van der Waals surface area contributed by atoms with E-state index in [0.29, 0.717) is 18.7 Å². The number of nitrogens with zero attached hydrogens (tertiary/aromatic N) is 2. The number of hydrogen-bond donors (Lipinski definition) is 1. The van der Waals surface area contributed by atoms with Crippen molar-refractivity contribution in [3.63, 3.8) is 0 Å². The summed E-state index contributed by atoms with van der Waals surface area (Å²) in [6.07, 6.45) is 3.23. The lowest BCUT2D eigenvalue weighted by molar-refractivity contribution is 0.0937. The van der Waals surface area contributed by atoms with Crippen LogP contribution >= 0.6 is 0 Å². The molecule has 1 aromatic heterocycles. The summed E-state index contributed by atoms with van der Waals surface area (Å²) < 4.78 is 25.4. The first kappa shape index (κ1) is 16.3. The molecule has 1 aromatic carbocycles. The monoisotopic (exact) mass is 359 g/mol. The van der Waals surface area contributed by atoms with Gasteiger partial charge in [0, 0.05) is 12.1 Å². The summed E-state index contributed by atoms with van der Waals surface area (Å²) in [5.74, 6) is 0.0866. The van der Waals surface area contributed by atoms with Gasteiger partial charge >= 0.3 is 0 Å². The Kier molecular flexibility index (Phi) is 4.11. The molecule has 25 heavy (non-hydrogen) atoms. The van der Waals surface area contributed by atoms with E-state index in [1.165, 1.54) is 0 Å². The van der Waals surface area contributed by atoms with E-state index in [1.807, 2.05) is 30.3 Å². The second kappa shape index (κ2) is 6.29. The van der Waals surface area contributed by atoms with Gasteiger partial charge in [-0.15, -0.1) is 0 Å². The number of carbonyl (C=O) groups is 1. The molecule has 2 heterocycles. The fourth-order valence-corrected chi connectivity index (χ4v) is 5.44. The van der Waals surface area contributed by atoms with Gasteiger partial charge in [-0.2, -0.15) is 5.10 Å². The molecule has 2 aliphatic rings. The Morgan fingerprint density at radius 2 is 2.04 bits per heavy atom. The van der Waals surface area contributed by atoms with Crippen LogP contribution in [0.5, 0.6) is 0 Å². The van der Waals surface area contributed by atoms with Crippen LogP contribution in [0.25, 0.3) is 0 Å². The van der Waals surface area contributed by atoms with Crippen LogP contribution in [0.4, 0.5) is 0 Å². The van der Waals surface area contributed by atoms with Gasteiger partial charge in [-0.25, -0.2) is 8.42 Å². The highest BCUT2D eigenvalue weighted by Gasteiger charge is 2.35. The van der Waals surface area contributed by atoms with Crippen molar-refractivity contribution in [1.82, 2.24) is 15.1 Å². The van der Waals surface area contributed by atoms with Crippen LogP contribution in [-0.2, 0) is 29.2 Å². The van der Waals surface area contributed by atoms with Crippen molar-refractivity contribution in [2.45, 2.75) is 38.3 Å². The van der Waals surface area contributed by atoms with Gasteiger partial charge in [-0.05, 0) is 31.2 Å². The van der Waals surface area contributed by atoms with E-state index in [1.54, 1.807) is 4.68 Å². The Morgan fingerprint density at radius 1 is 1.24 bits per heavy atom. The van der Waals surface area contributed by atoms with Crippen LogP contribution in [0.3, 0.4) is 0 Å². The minimum atomic E-state index is -3.03. The summed E-state index contributed by atoms with van der Waals surface area (Å²) in [5, 5.41) is 7.57. The number of fused-ring (bicyclic) bond motifs is 1. The molecule has 0 bridgehead atoms. The average Bonchev–Trinajstić information content (AvgIpc) is 3.27. The number of hydrogen-bond acceptors (Lipinski definition) is 4. The van der Waals surface area contributed by atoms with Gasteiger partial charge in [0.25, 0.3) is 5.91 Å². The van der Waals surface area contributed by atoms with E-state index >= 15 is 0 Å². The highest BCUT2D eigenvalue weighted by molar-refractivity contribution is 7.91. The van der Waals surface area contributed by atoms with Gasteiger partial charge in [0.2, 0.25) is 0 Å². The molecule has 1 aliphatic heterocycles. The second-order valence-electron chi connectivity index (χ2n) is 6.80. The van der Waals surface area contributed by atoms with Crippen molar-refractivity contribution in [3.8, 4) is 0 Å². The zero-order valence-electron chi connectivity index (χ0n) is 13.9. The molecule has 0 spiro atoms. The quantitative estimate of drug-likeness (QED) is 0.900. The molecule has 2 aromatic rings. The zero-order chi connectivity index (χ0) is 17.4. The predicted molar refractivity (Wildman–Crippen MR) is 94.2 cm³/mol. The first-order chi connectivity index (χ1) is 12.0. The second-order valence-corrected chi connectivity index (χ2v) is 9.03. The van der Waals surface area contributed by atoms with Crippen LogP contribution < -0.4 is 5.32 Å². The predicted octanol–water partition coefficient (Wildman–Crippen LogP) is 1.66. The van der Waals surface area contributed by atoms with E-state index < -0.39 is 9.84 Å². The maximum Gasteiger partial charge on any atom is 0.270 e. The minimum Gasteiger partial charge on any atom is -0.347 e. The first-order valence-corrected chi connectivity index (χ1v) is 10.5. The van der Waals surface area contributed by atoms with Gasteiger partial charge in [0.05, 0.1) is 23.2 Å². The molecule has 1 aliphatic carbocycles. The molecular weight excluding hydrogens is 338 g/mol. The Bertz CT molecular complexity index is 903. The van der Waals surface area contributed by atoms with Crippen molar-refractivity contribution >= 4 is 15.7 Å². The number of nitrogens with one attached hydrogen (secondary N) is 1. The SMILES string of the molecule is O=C(NCc1ccccc1)c1c2c(nn1[C@@H]1CCS(=O)(=O)C1)CCC2. The molecule has 1 fully saturated rings. The highest BCUT2D eigenvalue weighted by Crippen LogP contribution is 2.31. The lowest BCUT2D eigenvalue weighted by Gasteiger charge is -2.14. The maximum absolute atomic E-state index is 12.9.